The van der Waals surface area contributed by atoms with Gasteiger partial charge in [-0.15, -0.1) is 15.3 Å². The predicted molar refractivity (Wildman–Crippen MR) is 88.1 cm³/mol. The van der Waals surface area contributed by atoms with E-state index in [0.29, 0.717) is 22.9 Å². The van der Waals surface area contributed by atoms with Crippen molar-refractivity contribution in [3.63, 3.8) is 0 Å². The molecule has 7 heteroatoms. The fourth-order valence-electron chi connectivity index (χ4n) is 3.11. The molecule has 2 aromatic heterocycles. The molecule has 2 N–H and O–H groups in total. The summed E-state index contributed by atoms with van der Waals surface area (Å²) in [6, 6.07) is 10.4. The largest absolute Gasteiger partial charge is 0.393 e. The van der Waals surface area contributed by atoms with Gasteiger partial charge in [0, 0.05) is 6.04 Å². The number of benzene rings is 1. The summed E-state index contributed by atoms with van der Waals surface area (Å²) < 4.78 is 15.6. The molecule has 1 aliphatic rings. The lowest BCUT2D eigenvalue weighted by molar-refractivity contribution is 0.126. The van der Waals surface area contributed by atoms with Crippen molar-refractivity contribution in [3.8, 4) is 11.4 Å². The Labute approximate surface area is 138 Å². The molecule has 124 valence electrons. The van der Waals surface area contributed by atoms with Gasteiger partial charge in [0.2, 0.25) is 0 Å². The summed E-state index contributed by atoms with van der Waals surface area (Å²) in [7, 11) is 0. The van der Waals surface area contributed by atoms with Crippen molar-refractivity contribution in [1.82, 2.24) is 19.8 Å². The van der Waals surface area contributed by atoms with E-state index in [1.165, 1.54) is 6.07 Å². The Morgan fingerprint density at radius 2 is 1.83 bits per heavy atom. The van der Waals surface area contributed by atoms with Gasteiger partial charge in [0.1, 0.15) is 11.6 Å². The molecule has 1 aromatic carbocycles. The normalized spacial score (nSPS) is 21.1. The molecular formula is C17H18FN5O. The van der Waals surface area contributed by atoms with Crippen LogP contribution in [-0.2, 0) is 0 Å². The maximum absolute atomic E-state index is 14.0. The molecule has 0 amide bonds. The van der Waals surface area contributed by atoms with Crippen molar-refractivity contribution >= 4 is 11.5 Å². The molecule has 0 saturated heterocycles. The van der Waals surface area contributed by atoms with E-state index >= 15 is 0 Å². The molecule has 6 nitrogen and oxygen atoms in total. The zero-order chi connectivity index (χ0) is 16.5. The van der Waals surface area contributed by atoms with Gasteiger partial charge in [-0.2, -0.15) is 4.52 Å². The summed E-state index contributed by atoms with van der Waals surface area (Å²) in [6.45, 7) is 0. The highest BCUT2D eigenvalue weighted by atomic mass is 19.1. The van der Waals surface area contributed by atoms with Gasteiger partial charge in [-0.1, -0.05) is 12.1 Å². The molecule has 0 aliphatic heterocycles. The highest BCUT2D eigenvalue weighted by Gasteiger charge is 2.20. The van der Waals surface area contributed by atoms with E-state index in [2.05, 4.69) is 20.6 Å². The van der Waals surface area contributed by atoms with Gasteiger partial charge in [0.25, 0.3) is 0 Å². The summed E-state index contributed by atoms with van der Waals surface area (Å²) in [5, 5.41) is 25.6. The third kappa shape index (κ3) is 2.82. The number of hydrogen-bond donors (Lipinski definition) is 2. The standard InChI is InChI=1S/C17H18FN5O/c18-14-4-2-1-3-13(14)17-21-20-16-10-9-15(22-23(16)17)19-11-5-7-12(24)8-6-11/h1-4,9-12,24H,5-8H2,(H,19,22). The van der Waals surface area contributed by atoms with Crippen molar-refractivity contribution in [2.75, 3.05) is 5.32 Å². The van der Waals surface area contributed by atoms with Crippen LogP contribution in [0.4, 0.5) is 10.2 Å². The van der Waals surface area contributed by atoms with E-state index in [9.17, 15) is 9.50 Å². The van der Waals surface area contributed by atoms with Gasteiger partial charge in [-0.05, 0) is 49.9 Å². The number of anilines is 1. The molecular weight excluding hydrogens is 309 g/mol. The zero-order valence-electron chi connectivity index (χ0n) is 13.1. The summed E-state index contributed by atoms with van der Waals surface area (Å²) in [5.74, 6) is 0.723. The van der Waals surface area contributed by atoms with E-state index in [0.717, 1.165) is 25.7 Å². The first-order valence-electron chi connectivity index (χ1n) is 8.12. The number of hydrogen-bond acceptors (Lipinski definition) is 5. The van der Waals surface area contributed by atoms with Gasteiger partial charge in [0.05, 0.1) is 11.7 Å². The molecule has 4 rings (SSSR count). The van der Waals surface area contributed by atoms with Gasteiger partial charge >= 0.3 is 0 Å². The number of nitrogens with zero attached hydrogens (tertiary/aromatic N) is 4. The lowest BCUT2D eigenvalue weighted by atomic mass is 9.93. The van der Waals surface area contributed by atoms with Crippen molar-refractivity contribution in [2.24, 2.45) is 0 Å². The smallest absolute Gasteiger partial charge is 0.188 e. The van der Waals surface area contributed by atoms with E-state index in [-0.39, 0.29) is 18.0 Å². The Morgan fingerprint density at radius 1 is 1.04 bits per heavy atom. The minimum absolute atomic E-state index is 0.191. The summed E-state index contributed by atoms with van der Waals surface area (Å²) in [4.78, 5) is 0. The second kappa shape index (κ2) is 6.16. The van der Waals surface area contributed by atoms with E-state index < -0.39 is 0 Å². The number of fused-ring (bicyclic) bond motifs is 1. The third-order valence-electron chi connectivity index (χ3n) is 4.43. The van der Waals surface area contributed by atoms with Crippen LogP contribution in [-0.4, -0.2) is 37.1 Å². The number of nitrogens with one attached hydrogen (secondary N) is 1. The van der Waals surface area contributed by atoms with Gasteiger partial charge < -0.3 is 10.4 Å². The minimum Gasteiger partial charge on any atom is -0.393 e. The van der Waals surface area contributed by atoms with Crippen LogP contribution in [0.2, 0.25) is 0 Å². The maximum Gasteiger partial charge on any atom is 0.188 e. The molecule has 1 fully saturated rings. The topological polar surface area (TPSA) is 75.3 Å². The summed E-state index contributed by atoms with van der Waals surface area (Å²) in [6.07, 6.45) is 3.22. The highest BCUT2D eigenvalue weighted by molar-refractivity contribution is 5.60. The maximum atomic E-state index is 14.0. The molecule has 3 aromatic rings. The minimum atomic E-state index is -0.353. The fraction of sp³-hybridized carbons (Fsp3) is 0.353. The number of halogens is 1. The van der Waals surface area contributed by atoms with E-state index in [1.54, 1.807) is 22.7 Å². The summed E-state index contributed by atoms with van der Waals surface area (Å²) in [5.41, 5.74) is 0.938. The van der Waals surface area contributed by atoms with Crippen LogP contribution < -0.4 is 5.32 Å². The predicted octanol–water partition coefficient (Wildman–Crippen LogP) is 2.65. The number of aliphatic hydroxyl groups excluding tert-OH is 1. The molecule has 24 heavy (non-hydrogen) atoms. The molecule has 0 bridgehead atoms. The number of aliphatic hydroxyl groups is 1. The molecule has 0 unspecified atom stereocenters. The van der Waals surface area contributed by atoms with Gasteiger partial charge in [-0.3, -0.25) is 0 Å². The molecule has 2 heterocycles. The van der Waals surface area contributed by atoms with Crippen LogP contribution in [0.15, 0.2) is 36.4 Å². The Hall–Kier alpha value is -2.54. The lowest BCUT2D eigenvalue weighted by Crippen LogP contribution is -2.28. The quantitative estimate of drug-likeness (QED) is 0.773. The Kier molecular flexibility index (Phi) is 3.86. The Balaban J connectivity index is 1.65. The van der Waals surface area contributed by atoms with E-state index in [4.69, 9.17) is 0 Å². The van der Waals surface area contributed by atoms with Crippen molar-refractivity contribution in [3.05, 3.63) is 42.2 Å². The number of rotatable bonds is 3. The van der Waals surface area contributed by atoms with Crippen molar-refractivity contribution < 1.29 is 9.50 Å². The van der Waals surface area contributed by atoms with Crippen LogP contribution >= 0.6 is 0 Å². The van der Waals surface area contributed by atoms with Gasteiger partial charge in [-0.25, -0.2) is 4.39 Å². The number of aromatic nitrogens is 4. The monoisotopic (exact) mass is 327 g/mol. The van der Waals surface area contributed by atoms with Crippen LogP contribution in [0.25, 0.3) is 17.0 Å². The average molecular weight is 327 g/mol. The second-order valence-electron chi connectivity index (χ2n) is 6.14. The third-order valence-corrected chi connectivity index (χ3v) is 4.43. The van der Waals surface area contributed by atoms with Crippen LogP contribution in [0.5, 0.6) is 0 Å². The molecule has 1 aliphatic carbocycles. The highest BCUT2D eigenvalue weighted by Crippen LogP contribution is 2.23. The van der Waals surface area contributed by atoms with Crippen LogP contribution in [0, 0.1) is 5.82 Å². The van der Waals surface area contributed by atoms with Crippen LogP contribution in [0.1, 0.15) is 25.7 Å². The zero-order valence-corrected chi connectivity index (χ0v) is 13.1. The first-order valence-corrected chi connectivity index (χ1v) is 8.12. The average Bonchev–Trinajstić information content (AvgIpc) is 3.00. The van der Waals surface area contributed by atoms with E-state index in [1.807, 2.05) is 12.1 Å². The van der Waals surface area contributed by atoms with Crippen molar-refractivity contribution in [1.29, 1.82) is 0 Å². The second-order valence-corrected chi connectivity index (χ2v) is 6.14. The van der Waals surface area contributed by atoms with Crippen molar-refractivity contribution in [2.45, 2.75) is 37.8 Å². The SMILES string of the molecule is OC1CCC(Nc2ccc3nnc(-c4ccccc4F)n3n2)CC1. The molecule has 1 saturated carbocycles. The molecule has 0 spiro atoms. The fourth-order valence-corrected chi connectivity index (χ4v) is 3.11. The van der Waals surface area contributed by atoms with Crippen LogP contribution in [0.3, 0.4) is 0 Å². The Bertz CT molecular complexity index is 857. The first kappa shape index (κ1) is 15.0. The lowest BCUT2D eigenvalue weighted by Gasteiger charge is -2.26. The molecule has 0 radical (unpaired) electrons. The van der Waals surface area contributed by atoms with Gasteiger partial charge in [0.15, 0.2) is 11.5 Å². The molecule has 0 atom stereocenters. The first-order chi connectivity index (χ1) is 11.7. The summed E-state index contributed by atoms with van der Waals surface area (Å²) >= 11 is 0. The Morgan fingerprint density at radius 3 is 2.62 bits per heavy atom.